The van der Waals surface area contributed by atoms with E-state index in [1.54, 1.807) is 13.0 Å². The number of aromatic nitrogens is 4. The van der Waals surface area contributed by atoms with Gasteiger partial charge in [0.1, 0.15) is 18.0 Å². The Morgan fingerprint density at radius 3 is 3.00 bits per heavy atom. The zero-order valence-corrected chi connectivity index (χ0v) is 16.6. The van der Waals surface area contributed by atoms with E-state index in [4.69, 9.17) is 9.26 Å². The number of carbonyl (C=O) groups is 1. The number of anilines is 1. The summed E-state index contributed by atoms with van der Waals surface area (Å²) in [5.74, 6) is 2.47. The van der Waals surface area contributed by atoms with E-state index in [0.717, 1.165) is 11.3 Å². The molecule has 3 aromatic heterocycles. The number of carbonyl (C=O) groups excluding carboxylic acids is 1. The number of thioether (sulfide) groups is 1. The minimum atomic E-state index is -0.104. The van der Waals surface area contributed by atoms with Crippen molar-refractivity contribution in [1.82, 2.24) is 19.5 Å². The van der Waals surface area contributed by atoms with Crippen molar-refractivity contribution in [2.75, 3.05) is 11.1 Å². The van der Waals surface area contributed by atoms with Gasteiger partial charge < -0.3 is 19.0 Å². The van der Waals surface area contributed by atoms with Gasteiger partial charge in [-0.05, 0) is 24.3 Å². The van der Waals surface area contributed by atoms with E-state index in [2.05, 4.69) is 20.4 Å². The summed E-state index contributed by atoms with van der Waals surface area (Å²) < 4.78 is 12.7. The number of imidazole rings is 1. The molecule has 4 aromatic rings. The predicted molar refractivity (Wildman–Crippen MR) is 110 cm³/mol. The molecular weight excluding hydrogens is 390 g/mol. The molecule has 0 atom stereocenters. The highest BCUT2D eigenvalue weighted by atomic mass is 32.2. The highest BCUT2D eigenvalue weighted by Crippen LogP contribution is 2.19. The molecule has 29 heavy (non-hydrogen) atoms. The molecule has 0 spiro atoms. The second-order valence-corrected chi connectivity index (χ2v) is 7.27. The van der Waals surface area contributed by atoms with Crippen molar-refractivity contribution in [2.45, 2.75) is 19.3 Å². The summed E-state index contributed by atoms with van der Waals surface area (Å²) in [6, 6.07) is 13.1. The smallest absolute Gasteiger partial charge is 0.234 e. The van der Waals surface area contributed by atoms with Crippen LogP contribution < -0.4 is 10.1 Å². The molecular formula is C20H19N5O3S. The van der Waals surface area contributed by atoms with Crippen LogP contribution in [0.25, 0.3) is 5.65 Å². The first-order valence-corrected chi connectivity index (χ1v) is 10.1. The SMILES string of the molecule is Cc1nc(CSCC(=O)Nc2cccc(OCc3cn4ccccc4n3)c2)no1. The summed E-state index contributed by atoms with van der Waals surface area (Å²) in [5, 5.41) is 6.68. The fraction of sp³-hybridized carbons (Fsp3) is 0.200. The zero-order chi connectivity index (χ0) is 20.1. The van der Waals surface area contributed by atoms with Crippen molar-refractivity contribution >= 4 is 29.0 Å². The molecule has 1 aromatic carbocycles. The minimum Gasteiger partial charge on any atom is -0.487 e. The van der Waals surface area contributed by atoms with Gasteiger partial charge in [0, 0.05) is 31.1 Å². The monoisotopic (exact) mass is 409 g/mol. The summed E-state index contributed by atoms with van der Waals surface area (Å²) in [7, 11) is 0. The Hall–Kier alpha value is -3.33. The average molecular weight is 409 g/mol. The van der Waals surface area contributed by atoms with Crippen molar-refractivity contribution in [2.24, 2.45) is 0 Å². The Labute approximate surface area is 171 Å². The fourth-order valence-corrected chi connectivity index (χ4v) is 3.37. The van der Waals surface area contributed by atoms with Gasteiger partial charge >= 0.3 is 0 Å². The quantitative estimate of drug-likeness (QED) is 0.476. The first-order valence-electron chi connectivity index (χ1n) is 8.98. The first kappa shape index (κ1) is 19.0. The van der Waals surface area contributed by atoms with Crippen molar-refractivity contribution < 1.29 is 14.1 Å². The van der Waals surface area contributed by atoms with Crippen LogP contribution in [0.5, 0.6) is 5.75 Å². The molecule has 0 bridgehead atoms. The summed E-state index contributed by atoms with van der Waals surface area (Å²) in [6.45, 7) is 2.08. The molecule has 0 aliphatic rings. The molecule has 4 rings (SSSR count). The second kappa shape index (κ2) is 8.78. The van der Waals surface area contributed by atoms with E-state index in [1.807, 2.05) is 53.2 Å². The van der Waals surface area contributed by atoms with Gasteiger partial charge in [-0.1, -0.05) is 17.3 Å². The Kier molecular flexibility index (Phi) is 5.76. The summed E-state index contributed by atoms with van der Waals surface area (Å²) in [4.78, 5) is 20.8. The molecule has 0 aliphatic heterocycles. The Morgan fingerprint density at radius 2 is 2.17 bits per heavy atom. The standard InChI is InChI=1S/C20H19N5O3S/c1-14-21-18(24-28-14)12-29-13-20(26)23-15-5-4-6-17(9-15)27-11-16-10-25-8-3-2-7-19(25)22-16/h2-10H,11-13H2,1H3,(H,23,26). The van der Waals surface area contributed by atoms with Gasteiger partial charge in [0.25, 0.3) is 0 Å². The summed E-state index contributed by atoms with van der Waals surface area (Å²) in [6.07, 6.45) is 3.88. The van der Waals surface area contributed by atoms with Crippen LogP contribution in [0.15, 0.2) is 59.4 Å². The third-order valence-corrected chi connectivity index (χ3v) is 4.88. The Morgan fingerprint density at radius 1 is 1.24 bits per heavy atom. The van der Waals surface area contributed by atoms with E-state index in [0.29, 0.717) is 41.3 Å². The Balaban J connectivity index is 1.28. The van der Waals surface area contributed by atoms with Gasteiger partial charge in [-0.25, -0.2) is 4.98 Å². The van der Waals surface area contributed by atoms with Crippen LogP contribution in [-0.4, -0.2) is 31.2 Å². The third-order valence-electron chi connectivity index (χ3n) is 3.95. The fourth-order valence-electron chi connectivity index (χ4n) is 2.71. The molecule has 1 N–H and O–H groups in total. The molecule has 0 aliphatic carbocycles. The third kappa shape index (κ3) is 5.14. The maximum Gasteiger partial charge on any atom is 0.234 e. The first-order chi connectivity index (χ1) is 14.2. The van der Waals surface area contributed by atoms with E-state index >= 15 is 0 Å². The molecule has 0 saturated heterocycles. The number of aryl methyl sites for hydroxylation is 1. The van der Waals surface area contributed by atoms with Gasteiger partial charge in [-0.3, -0.25) is 4.79 Å². The lowest BCUT2D eigenvalue weighted by molar-refractivity contribution is -0.113. The molecule has 0 unspecified atom stereocenters. The van der Waals surface area contributed by atoms with Gasteiger partial charge in [0.15, 0.2) is 5.82 Å². The second-order valence-electron chi connectivity index (χ2n) is 6.29. The summed E-state index contributed by atoms with van der Waals surface area (Å²) >= 11 is 1.42. The maximum absolute atomic E-state index is 12.1. The van der Waals surface area contributed by atoms with Crippen LogP contribution in [0, 0.1) is 6.92 Å². The lowest BCUT2D eigenvalue weighted by Gasteiger charge is -2.08. The van der Waals surface area contributed by atoms with Gasteiger partial charge in [-0.15, -0.1) is 11.8 Å². The lowest BCUT2D eigenvalue weighted by atomic mass is 10.3. The number of hydrogen-bond donors (Lipinski definition) is 1. The molecule has 9 heteroatoms. The highest BCUT2D eigenvalue weighted by Gasteiger charge is 2.08. The zero-order valence-electron chi connectivity index (χ0n) is 15.7. The van der Waals surface area contributed by atoms with Crippen LogP contribution in [0.3, 0.4) is 0 Å². The summed E-state index contributed by atoms with van der Waals surface area (Å²) in [5.41, 5.74) is 2.39. The van der Waals surface area contributed by atoms with E-state index in [1.165, 1.54) is 11.8 Å². The number of rotatable bonds is 8. The van der Waals surface area contributed by atoms with Gasteiger partial charge in [0.2, 0.25) is 11.8 Å². The van der Waals surface area contributed by atoms with Crippen LogP contribution in [0.1, 0.15) is 17.4 Å². The van der Waals surface area contributed by atoms with Crippen LogP contribution >= 0.6 is 11.8 Å². The predicted octanol–water partition coefficient (Wildman–Crippen LogP) is 3.48. The molecule has 148 valence electrons. The van der Waals surface area contributed by atoms with Crippen LogP contribution in [0.4, 0.5) is 5.69 Å². The van der Waals surface area contributed by atoms with Crippen molar-refractivity contribution in [3.63, 3.8) is 0 Å². The minimum absolute atomic E-state index is 0.104. The van der Waals surface area contributed by atoms with Gasteiger partial charge in [-0.2, -0.15) is 4.98 Å². The molecule has 1 amide bonds. The number of fused-ring (bicyclic) bond motifs is 1. The molecule has 0 saturated carbocycles. The van der Waals surface area contributed by atoms with Crippen molar-refractivity contribution in [3.8, 4) is 5.75 Å². The number of hydrogen-bond acceptors (Lipinski definition) is 7. The van der Waals surface area contributed by atoms with E-state index in [9.17, 15) is 4.79 Å². The average Bonchev–Trinajstić information content (AvgIpc) is 3.32. The lowest BCUT2D eigenvalue weighted by Crippen LogP contribution is -2.14. The van der Waals surface area contributed by atoms with Crippen LogP contribution in [0.2, 0.25) is 0 Å². The number of benzene rings is 1. The molecule has 0 radical (unpaired) electrons. The largest absolute Gasteiger partial charge is 0.487 e. The maximum atomic E-state index is 12.1. The number of amides is 1. The molecule has 8 nitrogen and oxygen atoms in total. The highest BCUT2D eigenvalue weighted by molar-refractivity contribution is 7.99. The Bertz CT molecular complexity index is 1090. The molecule has 0 fully saturated rings. The molecule has 3 heterocycles. The number of nitrogens with zero attached hydrogens (tertiary/aromatic N) is 4. The van der Waals surface area contributed by atoms with Crippen molar-refractivity contribution in [1.29, 1.82) is 0 Å². The van der Waals surface area contributed by atoms with Crippen molar-refractivity contribution in [3.05, 3.63) is 72.3 Å². The van der Waals surface area contributed by atoms with Gasteiger partial charge in [0.05, 0.1) is 17.2 Å². The van der Waals surface area contributed by atoms with E-state index in [-0.39, 0.29) is 5.91 Å². The van der Waals surface area contributed by atoms with Crippen LogP contribution in [-0.2, 0) is 17.2 Å². The number of pyridine rings is 1. The number of nitrogens with one attached hydrogen (secondary N) is 1. The topological polar surface area (TPSA) is 94.5 Å². The normalized spacial score (nSPS) is 10.9. The number of ether oxygens (including phenoxy) is 1. The van der Waals surface area contributed by atoms with E-state index < -0.39 is 0 Å².